The summed E-state index contributed by atoms with van der Waals surface area (Å²) in [6.07, 6.45) is 0.384. The Labute approximate surface area is 129 Å². The second-order valence-corrected chi connectivity index (χ2v) is 6.86. The molecule has 9 heteroatoms. The monoisotopic (exact) mass is 329 g/mol. The molecular formula is C13H19N3O5S. The fourth-order valence-corrected chi connectivity index (χ4v) is 2.69. The summed E-state index contributed by atoms with van der Waals surface area (Å²) in [6.45, 7) is 4.05. The van der Waals surface area contributed by atoms with E-state index in [9.17, 15) is 23.3 Å². The Morgan fingerprint density at radius 1 is 1.23 bits per heavy atom. The van der Waals surface area contributed by atoms with Gasteiger partial charge >= 0.3 is 0 Å². The number of nitrogens with one attached hydrogen (secondary N) is 2. The summed E-state index contributed by atoms with van der Waals surface area (Å²) in [4.78, 5) is 21.2. The lowest BCUT2D eigenvalue weighted by Crippen LogP contribution is -2.35. The molecule has 0 aliphatic rings. The molecule has 0 aliphatic heterocycles. The van der Waals surface area contributed by atoms with E-state index in [2.05, 4.69) is 10.0 Å². The molecule has 1 aromatic rings. The molecule has 0 heterocycles. The Morgan fingerprint density at radius 2 is 1.82 bits per heavy atom. The average Bonchev–Trinajstić information content (AvgIpc) is 2.43. The van der Waals surface area contributed by atoms with Gasteiger partial charge in [-0.25, -0.2) is 13.1 Å². The lowest BCUT2D eigenvalue weighted by molar-refractivity contribution is -0.384. The predicted octanol–water partition coefficient (Wildman–Crippen LogP) is 1.04. The standard InChI is InChI=1S/C13H19N3O5S/c1-10(2)9-13(17)14-7-8-15-22(20,21)12-5-3-11(4-6-12)16(18)19/h3-6,10,15H,7-9H2,1-2H3,(H,14,17). The van der Waals surface area contributed by atoms with E-state index in [1.807, 2.05) is 13.8 Å². The van der Waals surface area contributed by atoms with Crippen molar-refractivity contribution < 1.29 is 18.1 Å². The predicted molar refractivity (Wildman–Crippen MR) is 80.7 cm³/mol. The Bertz CT molecular complexity index is 626. The number of benzene rings is 1. The Kier molecular flexibility index (Phi) is 6.44. The summed E-state index contributed by atoms with van der Waals surface area (Å²) >= 11 is 0. The van der Waals surface area contributed by atoms with Crippen LogP contribution in [0.4, 0.5) is 5.69 Å². The highest BCUT2D eigenvalue weighted by molar-refractivity contribution is 7.89. The molecule has 0 atom stereocenters. The molecule has 22 heavy (non-hydrogen) atoms. The van der Waals surface area contributed by atoms with Crippen LogP contribution in [-0.4, -0.2) is 32.3 Å². The van der Waals surface area contributed by atoms with Crippen molar-refractivity contribution in [2.45, 2.75) is 25.2 Å². The third-order valence-electron chi connectivity index (χ3n) is 2.69. The second kappa shape index (κ2) is 7.85. The lowest BCUT2D eigenvalue weighted by Gasteiger charge is -2.09. The van der Waals surface area contributed by atoms with Crippen LogP contribution in [0.2, 0.25) is 0 Å². The largest absolute Gasteiger partial charge is 0.355 e. The average molecular weight is 329 g/mol. The molecule has 1 aromatic carbocycles. The van der Waals surface area contributed by atoms with E-state index in [-0.39, 0.29) is 35.5 Å². The zero-order valence-electron chi connectivity index (χ0n) is 12.4. The molecule has 0 aliphatic carbocycles. The summed E-state index contributed by atoms with van der Waals surface area (Å²) in [5, 5.41) is 13.1. The molecule has 0 radical (unpaired) electrons. The van der Waals surface area contributed by atoms with Gasteiger partial charge < -0.3 is 5.32 Å². The van der Waals surface area contributed by atoms with E-state index in [1.54, 1.807) is 0 Å². The molecule has 2 N–H and O–H groups in total. The number of nitro benzene ring substituents is 1. The minimum absolute atomic E-state index is 0.0448. The van der Waals surface area contributed by atoms with Gasteiger partial charge in [-0.15, -0.1) is 0 Å². The van der Waals surface area contributed by atoms with E-state index >= 15 is 0 Å². The summed E-state index contributed by atoms with van der Waals surface area (Å²) in [7, 11) is -3.75. The van der Waals surface area contributed by atoms with Gasteiger partial charge in [0.2, 0.25) is 15.9 Å². The Hall–Kier alpha value is -2.00. The molecule has 1 amide bonds. The van der Waals surface area contributed by atoms with Crippen LogP contribution in [0.25, 0.3) is 0 Å². The maximum Gasteiger partial charge on any atom is 0.269 e. The number of hydrogen-bond donors (Lipinski definition) is 2. The van der Waals surface area contributed by atoms with E-state index in [4.69, 9.17) is 0 Å². The number of nitrogens with zero attached hydrogens (tertiary/aromatic N) is 1. The van der Waals surface area contributed by atoms with E-state index < -0.39 is 14.9 Å². The van der Waals surface area contributed by atoms with E-state index in [1.165, 1.54) is 0 Å². The smallest absolute Gasteiger partial charge is 0.269 e. The normalized spacial score (nSPS) is 11.4. The zero-order chi connectivity index (χ0) is 16.8. The lowest BCUT2D eigenvalue weighted by atomic mass is 10.1. The minimum Gasteiger partial charge on any atom is -0.355 e. The van der Waals surface area contributed by atoms with Crippen LogP contribution in [0.3, 0.4) is 0 Å². The summed E-state index contributed by atoms with van der Waals surface area (Å²) in [5.41, 5.74) is -0.181. The van der Waals surface area contributed by atoms with Crippen molar-refractivity contribution in [3.8, 4) is 0 Å². The molecule has 8 nitrogen and oxygen atoms in total. The first-order valence-electron chi connectivity index (χ1n) is 6.73. The first-order chi connectivity index (χ1) is 10.2. The van der Waals surface area contributed by atoms with Crippen LogP contribution >= 0.6 is 0 Å². The van der Waals surface area contributed by atoms with Crippen LogP contribution in [0.5, 0.6) is 0 Å². The van der Waals surface area contributed by atoms with Gasteiger partial charge in [0.15, 0.2) is 0 Å². The maximum atomic E-state index is 11.9. The highest BCUT2D eigenvalue weighted by Gasteiger charge is 2.15. The molecule has 0 saturated heterocycles. The van der Waals surface area contributed by atoms with Crippen LogP contribution in [0.15, 0.2) is 29.2 Å². The fraction of sp³-hybridized carbons (Fsp3) is 0.462. The minimum atomic E-state index is -3.75. The van der Waals surface area contributed by atoms with Crippen molar-refractivity contribution in [1.82, 2.24) is 10.0 Å². The van der Waals surface area contributed by atoms with Gasteiger partial charge in [-0.05, 0) is 18.1 Å². The van der Waals surface area contributed by atoms with Crippen LogP contribution in [0.1, 0.15) is 20.3 Å². The Morgan fingerprint density at radius 3 is 2.32 bits per heavy atom. The summed E-state index contributed by atoms with van der Waals surface area (Å²) < 4.78 is 26.2. The number of hydrogen-bond acceptors (Lipinski definition) is 5. The van der Waals surface area contributed by atoms with Gasteiger partial charge in [0.05, 0.1) is 9.82 Å². The topological polar surface area (TPSA) is 118 Å². The Balaban J connectivity index is 2.50. The van der Waals surface area contributed by atoms with E-state index in [0.29, 0.717) is 6.42 Å². The van der Waals surface area contributed by atoms with Crippen LogP contribution in [-0.2, 0) is 14.8 Å². The maximum absolute atomic E-state index is 11.9. The third-order valence-corrected chi connectivity index (χ3v) is 4.17. The van der Waals surface area contributed by atoms with Crippen molar-refractivity contribution in [2.75, 3.05) is 13.1 Å². The number of rotatable bonds is 8. The SMILES string of the molecule is CC(C)CC(=O)NCCNS(=O)(=O)c1ccc([N+](=O)[O-])cc1. The zero-order valence-corrected chi connectivity index (χ0v) is 13.2. The van der Waals surface area contributed by atoms with Crippen molar-refractivity contribution in [3.05, 3.63) is 34.4 Å². The molecule has 0 aromatic heterocycles. The number of carbonyl (C=O) groups is 1. The van der Waals surface area contributed by atoms with Crippen molar-refractivity contribution in [1.29, 1.82) is 0 Å². The van der Waals surface area contributed by atoms with Gasteiger partial charge in [0.1, 0.15) is 0 Å². The van der Waals surface area contributed by atoms with Crippen molar-refractivity contribution in [3.63, 3.8) is 0 Å². The number of carbonyl (C=O) groups excluding carboxylic acids is 1. The van der Waals surface area contributed by atoms with Crippen LogP contribution < -0.4 is 10.0 Å². The molecule has 0 bridgehead atoms. The highest BCUT2D eigenvalue weighted by Crippen LogP contribution is 2.15. The molecule has 0 spiro atoms. The first-order valence-corrected chi connectivity index (χ1v) is 8.21. The first kappa shape index (κ1) is 18.1. The van der Waals surface area contributed by atoms with Gasteiger partial charge in [-0.2, -0.15) is 0 Å². The highest BCUT2D eigenvalue weighted by atomic mass is 32.2. The van der Waals surface area contributed by atoms with Crippen molar-refractivity contribution >= 4 is 21.6 Å². The van der Waals surface area contributed by atoms with Crippen molar-refractivity contribution in [2.24, 2.45) is 5.92 Å². The summed E-state index contributed by atoms with van der Waals surface area (Å²) in [5.74, 6) is 0.0985. The number of non-ortho nitro benzene ring substituents is 1. The van der Waals surface area contributed by atoms with Gasteiger partial charge in [-0.1, -0.05) is 13.8 Å². The summed E-state index contributed by atoms with van der Waals surface area (Å²) in [6, 6.07) is 4.58. The van der Waals surface area contributed by atoms with Gasteiger partial charge in [0, 0.05) is 31.6 Å². The van der Waals surface area contributed by atoms with Gasteiger partial charge in [-0.3, -0.25) is 14.9 Å². The second-order valence-electron chi connectivity index (χ2n) is 5.10. The van der Waals surface area contributed by atoms with Gasteiger partial charge in [0.25, 0.3) is 5.69 Å². The molecule has 122 valence electrons. The number of nitro groups is 1. The number of sulfonamides is 1. The molecule has 1 rings (SSSR count). The third kappa shape index (κ3) is 5.78. The molecule has 0 fully saturated rings. The molecular weight excluding hydrogens is 310 g/mol. The quantitative estimate of drug-likeness (QED) is 0.419. The molecule has 0 unspecified atom stereocenters. The number of amides is 1. The van der Waals surface area contributed by atoms with Crippen LogP contribution in [0, 0.1) is 16.0 Å². The fourth-order valence-electron chi connectivity index (χ4n) is 1.66. The molecule has 0 saturated carbocycles. The van der Waals surface area contributed by atoms with E-state index in [0.717, 1.165) is 24.3 Å².